The minimum atomic E-state index is -1.05. The molecule has 1 aromatic heterocycles. The van der Waals surface area contributed by atoms with Crippen molar-refractivity contribution < 1.29 is 46.9 Å². The lowest BCUT2D eigenvalue weighted by atomic mass is 9.59. The van der Waals surface area contributed by atoms with Crippen LogP contribution in [0.15, 0.2) is 60.7 Å². The molecule has 2 atom stereocenters. The summed E-state index contributed by atoms with van der Waals surface area (Å²) >= 11 is 0. The second-order valence-corrected chi connectivity index (χ2v) is 22.3. The Bertz CT molecular complexity index is 3080. The highest BCUT2D eigenvalue weighted by Gasteiger charge is 2.52. The average Bonchev–Trinajstić information content (AvgIpc) is 3.90. The van der Waals surface area contributed by atoms with E-state index in [1.54, 1.807) is 14.0 Å². The number of urea groups is 1. The highest BCUT2D eigenvalue weighted by molar-refractivity contribution is 6.09. The Labute approximate surface area is 440 Å². The molecule has 1 spiro atoms. The zero-order valence-corrected chi connectivity index (χ0v) is 43.4. The number of halogens is 3. The Morgan fingerprint density at radius 3 is 2.33 bits per heavy atom. The second kappa shape index (κ2) is 20.5. The van der Waals surface area contributed by atoms with Crippen molar-refractivity contribution in [1.82, 2.24) is 30.2 Å². The van der Waals surface area contributed by atoms with Crippen LogP contribution in [0.4, 0.5) is 23.8 Å². The number of nitrogens with two attached hydrogens (primary N) is 1. The van der Waals surface area contributed by atoms with E-state index in [1.807, 2.05) is 49.4 Å². The Morgan fingerprint density at radius 2 is 1.64 bits per heavy atom. The van der Waals surface area contributed by atoms with Crippen LogP contribution < -0.4 is 30.7 Å². The van der Waals surface area contributed by atoms with Gasteiger partial charge >= 0.3 is 6.03 Å². The lowest BCUT2D eigenvalue weighted by Gasteiger charge is -2.56. The Hall–Kier alpha value is -6.50. The third-order valence-corrected chi connectivity index (χ3v) is 18.1. The van der Waals surface area contributed by atoms with E-state index in [2.05, 4.69) is 25.5 Å². The van der Waals surface area contributed by atoms with E-state index in [-0.39, 0.29) is 101 Å². The van der Waals surface area contributed by atoms with Gasteiger partial charge in [0.05, 0.1) is 12.2 Å². The fourth-order valence-corrected chi connectivity index (χ4v) is 13.8. The van der Waals surface area contributed by atoms with Gasteiger partial charge in [0, 0.05) is 86.1 Å². The summed E-state index contributed by atoms with van der Waals surface area (Å²) in [6.07, 6.45) is 9.21. The second-order valence-electron chi connectivity index (χ2n) is 22.3. The van der Waals surface area contributed by atoms with Gasteiger partial charge in [-0.25, -0.2) is 18.0 Å². The van der Waals surface area contributed by atoms with Crippen LogP contribution in [0.1, 0.15) is 122 Å². The number of carbonyl (C=O) groups excluding carboxylic acids is 4. The number of imide groups is 1. The number of likely N-dealkylation sites (tertiary alicyclic amines) is 2. The van der Waals surface area contributed by atoms with Crippen molar-refractivity contribution >= 4 is 40.5 Å². The van der Waals surface area contributed by atoms with Gasteiger partial charge in [-0.05, 0) is 136 Å². The molecule has 11 rings (SSSR count). The molecule has 0 radical (unpaired) electrons. The number of carbonyl (C=O) groups is 4. The first-order chi connectivity index (χ1) is 36.6. The van der Waals surface area contributed by atoms with Gasteiger partial charge in [0.15, 0.2) is 28.8 Å². The third-order valence-electron chi connectivity index (χ3n) is 18.1. The highest BCUT2D eigenvalue weighted by Crippen LogP contribution is 2.56. The number of fused-ring (bicyclic) bond motifs is 2. The normalized spacial score (nSPS) is 24.1. The Morgan fingerprint density at radius 1 is 0.921 bits per heavy atom. The number of nitrogens with one attached hydrogen (secondary N) is 2. The van der Waals surface area contributed by atoms with Crippen molar-refractivity contribution in [3.8, 4) is 22.6 Å². The van der Waals surface area contributed by atoms with Gasteiger partial charge in [0.25, 0.3) is 0 Å². The number of primary amides is 1. The van der Waals surface area contributed by atoms with E-state index in [1.165, 1.54) is 27.8 Å². The summed E-state index contributed by atoms with van der Waals surface area (Å²) < 4.78 is 62.7. The number of benzene rings is 4. The maximum Gasteiger partial charge on any atom is 0.329 e. The Balaban J connectivity index is 0.684. The highest BCUT2D eigenvalue weighted by atomic mass is 19.1. The van der Waals surface area contributed by atoms with Gasteiger partial charge in [-0.15, -0.1) is 0 Å². The quantitative estimate of drug-likeness (QED) is 0.0900. The fraction of sp³-hybridized carbons (Fsp3) is 0.500. The third kappa shape index (κ3) is 9.06. The summed E-state index contributed by atoms with van der Waals surface area (Å²) in [6, 6.07) is 17.4. The predicted molar refractivity (Wildman–Crippen MR) is 280 cm³/mol. The standard InChI is InChI=1S/C58H67F3N8O7/c1-33-43(59)29-45-48(47(33)49-41(53(62)72)15-16-44(51(49)61)75-28-27-70)34(2)58(76-45,37-7-5-4-6-8-37)32-63-38-11-9-36(10-12-38)55(73)68-25-20-57(21-26-68)30-39(31-57)67-22-17-35(18-23-67)40-13-14-42-52(50(40)60)66(3)65-54(42)69-24-19-46(71)64-56(69)74/h4-8,13-16,29,34-36,38-39,63,70H,9-12,17-28,30-32H2,1-3H3,(H2,62,72)(H,64,71,74)/t34-,36?,38?,58-/m0/s1. The van der Waals surface area contributed by atoms with Crippen LogP contribution in [0.3, 0.4) is 0 Å². The summed E-state index contributed by atoms with van der Waals surface area (Å²) in [5.74, 6) is -2.85. The van der Waals surface area contributed by atoms with E-state index in [9.17, 15) is 24.3 Å². The van der Waals surface area contributed by atoms with Crippen LogP contribution in [0.2, 0.25) is 0 Å². The van der Waals surface area contributed by atoms with Crippen LogP contribution in [0, 0.1) is 35.7 Å². The van der Waals surface area contributed by atoms with Crippen molar-refractivity contribution in [2.75, 3.05) is 57.4 Å². The number of hydrogen-bond donors (Lipinski definition) is 4. The molecule has 4 aromatic carbocycles. The largest absolute Gasteiger partial charge is 0.488 e. The van der Waals surface area contributed by atoms with Crippen molar-refractivity contribution in [2.24, 2.45) is 24.1 Å². The summed E-state index contributed by atoms with van der Waals surface area (Å²) in [5, 5.41) is 20.6. The number of hydrogen-bond acceptors (Lipinski definition) is 10. The molecule has 0 bridgehead atoms. The van der Waals surface area contributed by atoms with Gasteiger partial charge in [-0.3, -0.25) is 29.3 Å². The molecule has 18 heteroatoms. The van der Waals surface area contributed by atoms with Crippen LogP contribution in [-0.2, 0) is 22.2 Å². The smallest absolute Gasteiger partial charge is 0.329 e. The molecule has 402 valence electrons. The van der Waals surface area contributed by atoms with Crippen LogP contribution in [0.25, 0.3) is 22.0 Å². The molecule has 5 amide bonds. The number of piperidine rings is 2. The number of aliphatic hydroxyl groups excluding tert-OH is 1. The van der Waals surface area contributed by atoms with Gasteiger partial charge in [-0.1, -0.05) is 43.3 Å². The maximum absolute atomic E-state index is 16.6. The molecular formula is C58H67F3N8O7. The topological polar surface area (TPSA) is 185 Å². The molecule has 3 saturated heterocycles. The lowest BCUT2D eigenvalue weighted by Crippen LogP contribution is -2.57. The maximum atomic E-state index is 16.6. The van der Waals surface area contributed by atoms with Gasteiger partial charge < -0.3 is 35.4 Å². The van der Waals surface area contributed by atoms with Crippen molar-refractivity contribution in [3.05, 3.63) is 106 Å². The molecule has 6 aliphatic rings. The van der Waals surface area contributed by atoms with E-state index < -0.39 is 35.1 Å². The monoisotopic (exact) mass is 1040 g/mol. The predicted octanol–water partition coefficient (Wildman–Crippen LogP) is 8.07. The zero-order valence-electron chi connectivity index (χ0n) is 43.4. The molecular weight excluding hydrogens is 978 g/mol. The van der Waals surface area contributed by atoms with Crippen LogP contribution in [0.5, 0.6) is 11.5 Å². The summed E-state index contributed by atoms with van der Waals surface area (Å²) in [4.78, 5) is 57.3. The van der Waals surface area contributed by atoms with Gasteiger partial charge in [-0.2, -0.15) is 5.10 Å². The van der Waals surface area contributed by atoms with E-state index in [0.29, 0.717) is 40.4 Å². The molecule has 15 nitrogen and oxygen atoms in total. The molecule has 5 heterocycles. The molecule has 0 unspecified atom stereocenters. The summed E-state index contributed by atoms with van der Waals surface area (Å²) in [6.45, 7) is 6.84. The molecule has 4 aliphatic heterocycles. The SMILES string of the molecule is Cc1c(F)cc2c(c1-c1c(C(N)=O)ccc(OCCO)c1F)[C@H](C)[C@@](CNC1CCC(C(=O)N3CCC4(CC3)CC(N3CCC(c5ccc6c(N7CCC(=O)NC7=O)nn(C)c6c5F)CC3)C4)CC1)(c1ccccc1)O2. The van der Waals surface area contributed by atoms with Crippen LogP contribution in [-0.4, -0.2) is 113 Å². The van der Waals surface area contributed by atoms with Crippen molar-refractivity contribution in [1.29, 1.82) is 0 Å². The first-order valence-corrected chi connectivity index (χ1v) is 27.1. The number of aliphatic hydroxyl groups is 1. The molecule has 76 heavy (non-hydrogen) atoms. The van der Waals surface area contributed by atoms with Gasteiger partial charge in [0.1, 0.15) is 23.7 Å². The lowest BCUT2D eigenvalue weighted by molar-refractivity contribution is -0.141. The van der Waals surface area contributed by atoms with Crippen LogP contribution >= 0.6 is 0 Å². The molecule has 5 aromatic rings. The van der Waals surface area contributed by atoms with E-state index in [4.69, 9.17) is 15.2 Å². The number of rotatable bonds is 13. The number of nitrogens with zero attached hydrogens (tertiary/aromatic N) is 5. The average molecular weight is 1050 g/mol. The fourth-order valence-electron chi connectivity index (χ4n) is 13.8. The first kappa shape index (κ1) is 51.6. The first-order valence-electron chi connectivity index (χ1n) is 27.1. The molecule has 5 N–H and O–H groups in total. The van der Waals surface area contributed by atoms with Crippen molar-refractivity contribution in [2.45, 2.75) is 114 Å². The Kier molecular flexibility index (Phi) is 13.9. The van der Waals surface area contributed by atoms with Gasteiger partial charge in [0.2, 0.25) is 17.7 Å². The molecule has 2 aliphatic carbocycles. The molecule has 5 fully saturated rings. The number of ether oxygens (including phenoxy) is 2. The molecule has 2 saturated carbocycles. The number of aromatic nitrogens is 2. The number of amides is 5. The number of aryl methyl sites for hydroxylation is 1. The summed E-state index contributed by atoms with van der Waals surface area (Å²) in [5.41, 5.74) is 7.44. The van der Waals surface area contributed by atoms with Crippen molar-refractivity contribution in [3.63, 3.8) is 0 Å². The number of anilines is 1. The van der Waals surface area contributed by atoms with E-state index in [0.717, 1.165) is 96.0 Å². The minimum absolute atomic E-state index is 0.0508. The summed E-state index contributed by atoms with van der Waals surface area (Å²) in [7, 11) is 1.68. The zero-order chi connectivity index (χ0) is 53.2. The van der Waals surface area contributed by atoms with E-state index >= 15 is 13.2 Å². The minimum Gasteiger partial charge on any atom is -0.488 e.